The lowest BCUT2D eigenvalue weighted by atomic mass is 10.0. The Morgan fingerprint density at radius 1 is 1.24 bits per heavy atom. The van der Waals surface area contributed by atoms with Crippen molar-refractivity contribution in [1.82, 2.24) is 10.2 Å². The molecule has 0 aliphatic carbocycles. The summed E-state index contributed by atoms with van der Waals surface area (Å²) in [5.41, 5.74) is -0.00218. The second kappa shape index (κ2) is 7.29. The molecule has 2 rings (SSSR count). The largest absolute Gasteiger partial charge is 0.494 e. The molecule has 8 heteroatoms. The Labute approximate surface area is 126 Å². The number of nitrogens with one attached hydrogen (secondary N) is 1. The minimum atomic E-state index is -4.42. The summed E-state index contributed by atoms with van der Waals surface area (Å²) in [6.07, 6.45) is -4.42. The van der Waals surface area contributed by atoms with Crippen LogP contribution in [0.25, 0.3) is 0 Å². The Kier molecular flexibility index (Phi) is 6.24. The van der Waals surface area contributed by atoms with Crippen molar-refractivity contribution in [3.05, 3.63) is 29.6 Å². The number of hydrogen-bond acceptors (Lipinski definition) is 3. The first kappa shape index (κ1) is 18.0. The summed E-state index contributed by atoms with van der Waals surface area (Å²) in [5.74, 6) is -0.843. The highest BCUT2D eigenvalue weighted by Crippen LogP contribution is 2.39. The zero-order chi connectivity index (χ0) is 14.8. The molecular weight excluding hydrogens is 312 g/mol. The van der Waals surface area contributed by atoms with Crippen LogP contribution in [0.3, 0.4) is 0 Å². The summed E-state index contributed by atoms with van der Waals surface area (Å²) < 4.78 is 58.1. The van der Waals surface area contributed by atoms with E-state index in [1.165, 1.54) is 12.0 Å². The van der Waals surface area contributed by atoms with Gasteiger partial charge in [0.15, 0.2) is 11.6 Å². The van der Waals surface area contributed by atoms with Gasteiger partial charge in [-0.05, 0) is 17.7 Å². The van der Waals surface area contributed by atoms with E-state index in [0.717, 1.165) is 18.2 Å². The molecule has 1 heterocycles. The van der Waals surface area contributed by atoms with Crippen LogP contribution in [-0.4, -0.2) is 44.4 Å². The molecule has 0 spiro atoms. The zero-order valence-corrected chi connectivity index (χ0v) is 12.2. The number of halogens is 5. The van der Waals surface area contributed by atoms with Gasteiger partial charge in [-0.15, -0.1) is 12.4 Å². The van der Waals surface area contributed by atoms with Crippen molar-refractivity contribution in [3.8, 4) is 5.75 Å². The summed E-state index contributed by atoms with van der Waals surface area (Å²) in [4.78, 5) is 1.35. The minimum absolute atomic E-state index is 0. The van der Waals surface area contributed by atoms with E-state index in [0.29, 0.717) is 26.2 Å². The van der Waals surface area contributed by atoms with E-state index in [2.05, 4.69) is 5.32 Å². The van der Waals surface area contributed by atoms with E-state index < -0.39 is 18.0 Å². The monoisotopic (exact) mass is 328 g/mol. The fourth-order valence-corrected chi connectivity index (χ4v) is 2.39. The second-order valence-electron chi connectivity index (χ2n) is 4.62. The number of methoxy groups -OCH3 is 1. The average molecular weight is 329 g/mol. The lowest BCUT2D eigenvalue weighted by Crippen LogP contribution is -2.49. The molecule has 0 saturated carbocycles. The van der Waals surface area contributed by atoms with Crippen molar-refractivity contribution >= 4 is 12.4 Å². The van der Waals surface area contributed by atoms with Gasteiger partial charge in [0.1, 0.15) is 6.04 Å². The fourth-order valence-electron chi connectivity index (χ4n) is 2.39. The second-order valence-corrected chi connectivity index (χ2v) is 4.62. The zero-order valence-electron chi connectivity index (χ0n) is 11.4. The van der Waals surface area contributed by atoms with Crippen molar-refractivity contribution in [1.29, 1.82) is 0 Å². The van der Waals surface area contributed by atoms with Crippen LogP contribution in [0.5, 0.6) is 5.75 Å². The molecule has 0 amide bonds. The molecule has 1 aromatic carbocycles. The van der Waals surface area contributed by atoms with Crippen LogP contribution < -0.4 is 10.1 Å². The Balaban J connectivity index is 0.00000220. The summed E-state index contributed by atoms with van der Waals surface area (Å²) in [7, 11) is 1.23. The highest BCUT2D eigenvalue weighted by atomic mass is 35.5. The van der Waals surface area contributed by atoms with Crippen LogP contribution in [0.15, 0.2) is 18.2 Å². The molecule has 1 fully saturated rings. The lowest BCUT2D eigenvalue weighted by molar-refractivity contribution is -0.187. The molecule has 120 valence electrons. The van der Waals surface area contributed by atoms with E-state index in [-0.39, 0.29) is 23.7 Å². The maximum absolute atomic E-state index is 13.3. The number of hydrogen-bond donors (Lipinski definition) is 1. The molecule has 21 heavy (non-hydrogen) atoms. The SMILES string of the molecule is COc1cc([C@@H](N2CCNCC2)C(F)(F)F)ccc1F.Cl. The van der Waals surface area contributed by atoms with Crippen molar-refractivity contribution in [2.24, 2.45) is 0 Å². The molecule has 3 nitrogen and oxygen atoms in total. The molecule has 0 unspecified atom stereocenters. The van der Waals surface area contributed by atoms with Crippen LogP contribution in [-0.2, 0) is 0 Å². The van der Waals surface area contributed by atoms with Crippen molar-refractivity contribution in [3.63, 3.8) is 0 Å². The average Bonchev–Trinajstić information content (AvgIpc) is 2.40. The van der Waals surface area contributed by atoms with Crippen LogP contribution in [0.2, 0.25) is 0 Å². The van der Waals surface area contributed by atoms with Crippen LogP contribution in [0.1, 0.15) is 11.6 Å². The first-order valence-electron chi connectivity index (χ1n) is 6.28. The molecular formula is C13H17ClF4N2O. The molecule has 0 bridgehead atoms. The number of rotatable bonds is 3. The fraction of sp³-hybridized carbons (Fsp3) is 0.538. The third-order valence-electron chi connectivity index (χ3n) is 3.32. The van der Waals surface area contributed by atoms with Gasteiger partial charge in [-0.25, -0.2) is 4.39 Å². The molecule has 1 aliphatic rings. The van der Waals surface area contributed by atoms with E-state index in [4.69, 9.17) is 4.74 Å². The lowest BCUT2D eigenvalue weighted by Gasteiger charge is -2.36. The van der Waals surface area contributed by atoms with Crippen LogP contribution >= 0.6 is 12.4 Å². The molecule has 1 aromatic rings. The first-order chi connectivity index (χ1) is 9.43. The van der Waals surface area contributed by atoms with Crippen molar-refractivity contribution in [2.75, 3.05) is 33.3 Å². The van der Waals surface area contributed by atoms with Gasteiger partial charge in [0.25, 0.3) is 0 Å². The Morgan fingerprint density at radius 3 is 2.38 bits per heavy atom. The Bertz CT molecular complexity index is 464. The van der Waals surface area contributed by atoms with Gasteiger partial charge >= 0.3 is 6.18 Å². The quantitative estimate of drug-likeness (QED) is 0.864. The van der Waals surface area contributed by atoms with E-state index >= 15 is 0 Å². The molecule has 1 aliphatic heterocycles. The van der Waals surface area contributed by atoms with Crippen LogP contribution in [0.4, 0.5) is 17.6 Å². The summed E-state index contributed by atoms with van der Waals surface area (Å²) >= 11 is 0. The van der Waals surface area contributed by atoms with E-state index in [1.807, 2.05) is 0 Å². The molecule has 1 atom stereocenters. The van der Waals surface area contributed by atoms with Gasteiger partial charge in [0, 0.05) is 26.2 Å². The normalized spacial score (nSPS) is 18.0. The summed E-state index contributed by atoms with van der Waals surface area (Å²) in [5, 5.41) is 3.01. The minimum Gasteiger partial charge on any atom is -0.494 e. The predicted octanol–water partition coefficient (Wildman–Crippen LogP) is 2.76. The van der Waals surface area contributed by atoms with Gasteiger partial charge in [-0.3, -0.25) is 4.90 Å². The summed E-state index contributed by atoms with van der Waals surface area (Å²) in [6, 6.07) is 1.56. The maximum atomic E-state index is 13.3. The topological polar surface area (TPSA) is 24.5 Å². The van der Waals surface area contributed by atoms with Gasteiger partial charge in [-0.1, -0.05) is 6.07 Å². The number of ether oxygens (including phenoxy) is 1. The number of alkyl halides is 3. The van der Waals surface area contributed by atoms with E-state index in [1.54, 1.807) is 0 Å². The molecule has 1 N–H and O–H groups in total. The third kappa shape index (κ3) is 4.21. The number of piperazine rings is 1. The predicted molar refractivity (Wildman–Crippen MR) is 73.4 cm³/mol. The molecule has 0 radical (unpaired) electrons. The molecule has 1 saturated heterocycles. The standard InChI is InChI=1S/C13H16F4N2O.ClH/c1-20-11-8-9(2-3-10(11)14)12(13(15,16)17)19-6-4-18-5-7-19;/h2-3,8,12,18H,4-7H2,1H3;1H/t12-;/m1./s1. The maximum Gasteiger partial charge on any atom is 0.408 e. The van der Waals surface area contributed by atoms with Gasteiger partial charge < -0.3 is 10.1 Å². The first-order valence-corrected chi connectivity index (χ1v) is 6.28. The van der Waals surface area contributed by atoms with E-state index in [9.17, 15) is 17.6 Å². The Morgan fingerprint density at radius 2 is 1.86 bits per heavy atom. The van der Waals surface area contributed by atoms with Gasteiger partial charge in [0.2, 0.25) is 0 Å². The van der Waals surface area contributed by atoms with Gasteiger partial charge in [0.05, 0.1) is 7.11 Å². The smallest absolute Gasteiger partial charge is 0.408 e. The van der Waals surface area contributed by atoms with Gasteiger partial charge in [-0.2, -0.15) is 13.2 Å². The highest BCUT2D eigenvalue weighted by Gasteiger charge is 2.45. The third-order valence-corrected chi connectivity index (χ3v) is 3.32. The van der Waals surface area contributed by atoms with Crippen molar-refractivity contribution < 1.29 is 22.3 Å². The van der Waals surface area contributed by atoms with Crippen LogP contribution in [0, 0.1) is 5.82 Å². The summed E-state index contributed by atoms with van der Waals surface area (Å²) in [6.45, 7) is 1.60. The number of nitrogens with zero attached hydrogens (tertiary/aromatic N) is 1. The Hall–Kier alpha value is -1.05. The highest BCUT2D eigenvalue weighted by molar-refractivity contribution is 5.85. The van der Waals surface area contributed by atoms with Crippen molar-refractivity contribution in [2.45, 2.75) is 12.2 Å². The molecule has 0 aromatic heterocycles. The number of benzene rings is 1.